The standard InChI is InChI=1S/C20H22FN3O2/c1-2-23-9-11-24(12-10-23)13-17-18(25)8-7-16-19(22-26-20(16)17)14-3-5-15(21)6-4-14/h3-8,25H,2,9-13H2,1H3. The minimum Gasteiger partial charge on any atom is -0.507 e. The number of likely N-dealkylation sites (N-methyl/N-ethyl adjacent to an activating group) is 1. The van der Waals surface area contributed by atoms with Crippen molar-refractivity contribution in [3.8, 4) is 17.0 Å². The molecule has 0 radical (unpaired) electrons. The molecule has 0 atom stereocenters. The first kappa shape index (κ1) is 17.0. The third-order valence-corrected chi connectivity index (χ3v) is 5.13. The minimum atomic E-state index is -0.286. The van der Waals surface area contributed by atoms with Gasteiger partial charge in [0.25, 0.3) is 0 Å². The SMILES string of the molecule is CCN1CCN(Cc2c(O)ccc3c(-c4ccc(F)cc4)noc23)CC1. The number of rotatable bonds is 4. The third kappa shape index (κ3) is 3.18. The monoisotopic (exact) mass is 355 g/mol. The molecule has 1 aromatic heterocycles. The van der Waals surface area contributed by atoms with Crippen LogP contribution in [0.25, 0.3) is 22.2 Å². The van der Waals surface area contributed by atoms with Crippen molar-refractivity contribution in [2.75, 3.05) is 32.7 Å². The maximum Gasteiger partial charge on any atom is 0.175 e. The number of halogens is 1. The summed E-state index contributed by atoms with van der Waals surface area (Å²) >= 11 is 0. The Kier molecular flexibility index (Phi) is 4.61. The molecule has 2 aromatic carbocycles. The van der Waals surface area contributed by atoms with E-state index in [4.69, 9.17) is 4.52 Å². The lowest BCUT2D eigenvalue weighted by Gasteiger charge is -2.34. The highest BCUT2D eigenvalue weighted by molar-refractivity contribution is 5.94. The fourth-order valence-electron chi connectivity index (χ4n) is 3.50. The molecule has 5 nitrogen and oxygen atoms in total. The summed E-state index contributed by atoms with van der Waals surface area (Å²) in [5, 5.41) is 15.4. The molecule has 3 aromatic rings. The Hall–Kier alpha value is -2.44. The Morgan fingerprint density at radius 1 is 1.04 bits per heavy atom. The normalized spacial score (nSPS) is 16.4. The van der Waals surface area contributed by atoms with Gasteiger partial charge in [0.05, 0.1) is 10.9 Å². The van der Waals surface area contributed by atoms with Crippen molar-refractivity contribution in [3.63, 3.8) is 0 Å². The van der Waals surface area contributed by atoms with E-state index in [-0.39, 0.29) is 11.6 Å². The van der Waals surface area contributed by atoms with Crippen LogP contribution in [-0.2, 0) is 6.54 Å². The zero-order chi connectivity index (χ0) is 18.1. The molecule has 1 saturated heterocycles. The van der Waals surface area contributed by atoms with E-state index in [0.29, 0.717) is 17.8 Å². The third-order valence-electron chi connectivity index (χ3n) is 5.13. The fourth-order valence-corrected chi connectivity index (χ4v) is 3.50. The zero-order valence-corrected chi connectivity index (χ0v) is 14.8. The average molecular weight is 355 g/mol. The summed E-state index contributed by atoms with van der Waals surface area (Å²) in [7, 11) is 0. The summed E-state index contributed by atoms with van der Waals surface area (Å²) in [6, 6.07) is 9.67. The molecule has 0 amide bonds. The first-order valence-electron chi connectivity index (χ1n) is 8.96. The van der Waals surface area contributed by atoms with Gasteiger partial charge >= 0.3 is 0 Å². The highest BCUT2D eigenvalue weighted by Crippen LogP contribution is 2.34. The molecule has 1 aliphatic rings. The van der Waals surface area contributed by atoms with Gasteiger partial charge in [-0.05, 0) is 42.9 Å². The summed E-state index contributed by atoms with van der Waals surface area (Å²) in [6.45, 7) is 7.85. The minimum absolute atomic E-state index is 0.220. The molecule has 0 unspecified atom stereocenters. The maximum absolute atomic E-state index is 13.2. The lowest BCUT2D eigenvalue weighted by molar-refractivity contribution is 0.131. The number of phenols is 1. The molecule has 1 aliphatic heterocycles. The van der Waals surface area contributed by atoms with Gasteiger partial charge < -0.3 is 14.5 Å². The molecular weight excluding hydrogens is 333 g/mol. The van der Waals surface area contributed by atoms with Crippen molar-refractivity contribution < 1.29 is 14.0 Å². The van der Waals surface area contributed by atoms with Gasteiger partial charge in [-0.2, -0.15) is 0 Å². The molecule has 136 valence electrons. The van der Waals surface area contributed by atoms with Gasteiger partial charge in [0.2, 0.25) is 0 Å². The van der Waals surface area contributed by atoms with Crippen LogP contribution in [0.2, 0.25) is 0 Å². The summed E-state index contributed by atoms with van der Waals surface area (Å²) in [4.78, 5) is 4.73. The van der Waals surface area contributed by atoms with Crippen molar-refractivity contribution in [3.05, 3.63) is 47.8 Å². The number of fused-ring (bicyclic) bond motifs is 1. The number of aromatic nitrogens is 1. The topological polar surface area (TPSA) is 52.7 Å². The van der Waals surface area contributed by atoms with Gasteiger partial charge in [-0.3, -0.25) is 4.90 Å². The van der Waals surface area contributed by atoms with Crippen LogP contribution in [0.3, 0.4) is 0 Å². The van der Waals surface area contributed by atoms with Crippen LogP contribution in [0.5, 0.6) is 5.75 Å². The van der Waals surface area contributed by atoms with Crippen LogP contribution in [0.1, 0.15) is 12.5 Å². The van der Waals surface area contributed by atoms with E-state index < -0.39 is 0 Å². The molecule has 1 fully saturated rings. The van der Waals surface area contributed by atoms with E-state index in [2.05, 4.69) is 21.9 Å². The second-order valence-electron chi connectivity index (χ2n) is 6.69. The Morgan fingerprint density at radius 2 is 1.73 bits per heavy atom. The Labute approximate surface area is 151 Å². The highest BCUT2D eigenvalue weighted by atomic mass is 19.1. The molecule has 4 rings (SSSR count). The predicted octanol–water partition coefficient (Wildman–Crippen LogP) is 3.48. The molecule has 1 N–H and O–H groups in total. The number of aromatic hydroxyl groups is 1. The summed E-state index contributed by atoms with van der Waals surface area (Å²) in [5.41, 5.74) is 2.81. The van der Waals surface area contributed by atoms with E-state index in [9.17, 15) is 9.50 Å². The van der Waals surface area contributed by atoms with E-state index in [1.165, 1.54) is 12.1 Å². The molecule has 6 heteroatoms. The number of phenolic OH excluding ortho intramolecular Hbond substituents is 1. The van der Waals surface area contributed by atoms with Crippen LogP contribution in [0.4, 0.5) is 4.39 Å². The van der Waals surface area contributed by atoms with E-state index in [1.807, 2.05) is 0 Å². The zero-order valence-electron chi connectivity index (χ0n) is 14.8. The Bertz CT molecular complexity index is 899. The van der Waals surface area contributed by atoms with Gasteiger partial charge in [0.15, 0.2) is 5.58 Å². The lowest BCUT2D eigenvalue weighted by atomic mass is 10.0. The molecule has 26 heavy (non-hydrogen) atoms. The number of nitrogens with zero attached hydrogens (tertiary/aromatic N) is 3. The van der Waals surface area contributed by atoms with Gasteiger partial charge in [0.1, 0.15) is 17.3 Å². The number of benzene rings is 2. The van der Waals surface area contributed by atoms with Crippen molar-refractivity contribution in [1.82, 2.24) is 15.0 Å². The lowest BCUT2D eigenvalue weighted by Crippen LogP contribution is -2.45. The van der Waals surface area contributed by atoms with E-state index in [0.717, 1.165) is 49.2 Å². The van der Waals surface area contributed by atoms with E-state index >= 15 is 0 Å². The number of piperazine rings is 1. The van der Waals surface area contributed by atoms with E-state index in [1.54, 1.807) is 24.3 Å². The quantitative estimate of drug-likeness (QED) is 0.777. The van der Waals surface area contributed by atoms with Crippen molar-refractivity contribution in [1.29, 1.82) is 0 Å². The van der Waals surface area contributed by atoms with Crippen LogP contribution < -0.4 is 0 Å². The second kappa shape index (κ2) is 7.05. The first-order chi connectivity index (χ1) is 12.7. The van der Waals surface area contributed by atoms with Gasteiger partial charge in [0, 0.05) is 38.3 Å². The predicted molar refractivity (Wildman–Crippen MR) is 98.5 cm³/mol. The van der Waals surface area contributed by atoms with Crippen LogP contribution in [0.15, 0.2) is 40.9 Å². The van der Waals surface area contributed by atoms with Crippen molar-refractivity contribution >= 4 is 11.0 Å². The highest BCUT2D eigenvalue weighted by Gasteiger charge is 2.21. The largest absolute Gasteiger partial charge is 0.507 e. The summed E-state index contributed by atoms with van der Waals surface area (Å²) in [5.74, 6) is -0.0664. The van der Waals surface area contributed by atoms with Gasteiger partial charge in [-0.1, -0.05) is 12.1 Å². The smallest absolute Gasteiger partial charge is 0.175 e. The second-order valence-corrected chi connectivity index (χ2v) is 6.69. The first-order valence-corrected chi connectivity index (χ1v) is 8.96. The molecule has 0 spiro atoms. The summed E-state index contributed by atoms with van der Waals surface area (Å²) < 4.78 is 18.8. The Balaban J connectivity index is 1.65. The number of hydrogen-bond donors (Lipinski definition) is 1. The molecule has 0 saturated carbocycles. The van der Waals surface area contributed by atoms with Crippen molar-refractivity contribution in [2.24, 2.45) is 0 Å². The molecule has 2 heterocycles. The molecule has 0 aliphatic carbocycles. The van der Waals surface area contributed by atoms with Gasteiger partial charge in [-0.25, -0.2) is 4.39 Å². The van der Waals surface area contributed by atoms with Crippen LogP contribution in [0, 0.1) is 5.82 Å². The van der Waals surface area contributed by atoms with Crippen LogP contribution in [-0.4, -0.2) is 52.8 Å². The maximum atomic E-state index is 13.2. The number of hydrogen-bond acceptors (Lipinski definition) is 5. The summed E-state index contributed by atoms with van der Waals surface area (Å²) in [6.07, 6.45) is 0. The average Bonchev–Trinajstić information content (AvgIpc) is 3.09. The molecular formula is C20H22FN3O2. The molecule has 0 bridgehead atoms. The van der Waals surface area contributed by atoms with Crippen LogP contribution >= 0.6 is 0 Å². The van der Waals surface area contributed by atoms with Gasteiger partial charge in [-0.15, -0.1) is 0 Å². The fraction of sp³-hybridized carbons (Fsp3) is 0.350. The van der Waals surface area contributed by atoms with Crippen molar-refractivity contribution in [2.45, 2.75) is 13.5 Å². The Morgan fingerprint density at radius 3 is 2.42 bits per heavy atom.